The van der Waals surface area contributed by atoms with Crippen molar-refractivity contribution in [3.8, 4) is 0 Å². The number of carboxylic acid groups (broad SMARTS) is 1. The molecule has 1 unspecified atom stereocenters. The SMILES string of the molecule is O=C(O)c1ccc2ncn(C3CCN(C4CC4)C3)c2c1. The van der Waals surface area contributed by atoms with E-state index >= 15 is 0 Å². The number of likely N-dealkylation sites (tertiary alicyclic amines) is 1. The minimum atomic E-state index is -0.884. The van der Waals surface area contributed by atoms with Gasteiger partial charge in [-0.2, -0.15) is 0 Å². The molecule has 1 aromatic heterocycles. The minimum absolute atomic E-state index is 0.330. The van der Waals surface area contributed by atoms with E-state index in [9.17, 15) is 4.79 Å². The fourth-order valence-corrected chi connectivity index (χ4v) is 3.22. The maximum Gasteiger partial charge on any atom is 0.335 e. The number of aromatic carboxylic acids is 1. The summed E-state index contributed by atoms with van der Waals surface area (Å²) >= 11 is 0. The molecule has 2 heterocycles. The first-order valence-electron chi connectivity index (χ1n) is 7.16. The normalized spacial score (nSPS) is 23.5. The average Bonchev–Trinajstić information content (AvgIpc) is 3.03. The molecule has 0 bridgehead atoms. The summed E-state index contributed by atoms with van der Waals surface area (Å²) in [5.74, 6) is -0.884. The maximum absolute atomic E-state index is 11.1. The van der Waals surface area contributed by atoms with Crippen LogP contribution in [0.1, 0.15) is 35.7 Å². The second kappa shape index (κ2) is 4.31. The van der Waals surface area contributed by atoms with Gasteiger partial charge in [0, 0.05) is 25.2 Å². The van der Waals surface area contributed by atoms with E-state index in [1.54, 1.807) is 18.2 Å². The number of aromatic nitrogens is 2. The molecule has 0 spiro atoms. The van der Waals surface area contributed by atoms with Gasteiger partial charge in [0.2, 0.25) is 0 Å². The Labute approximate surface area is 116 Å². The highest BCUT2D eigenvalue weighted by molar-refractivity contribution is 5.92. The molecule has 20 heavy (non-hydrogen) atoms. The highest BCUT2D eigenvalue weighted by Gasteiger charge is 2.35. The molecule has 0 radical (unpaired) electrons. The smallest absolute Gasteiger partial charge is 0.335 e. The van der Waals surface area contributed by atoms with Gasteiger partial charge in [0.25, 0.3) is 0 Å². The number of imidazole rings is 1. The second-order valence-corrected chi connectivity index (χ2v) is 5.83. The molecule has 1 saturated carbocycles. The summed E-state index contributed by atoms with van der Waals surface area (Å²) in [4.78, 5) is 18.1. The van der Waals surface area contributed by atoms with Crippen molar-refractivity contribution < 1.29 is 9.90 Å². The fraction of sp³-hybridized carbons (Fsp3) is 0.467. The van der Waals surface area contributed by atoms with Gasteiger partial charge in [-0.1, -0.05) is 0 Å². The molecule has 2 fully saturated rings. The molecule has 2 aromatic rings. The van der Waals surface area contributed by atoms with Crippen molar-refractivity contribution >= 4 is 17.0 Å². The third-order valence-electron chi connectivity index (χ3n) is 4.47. The maximum atomic E-state index is 11.1. The van der Waals surface area contributed by atoms with Gasteiger partial charge in [-0.15, -0.1) is 0 Å². The van der Waals surface area contributed by atoms with Crippen LogP contribution in [0.15, 0.2) is 24.5 Å². The third kappa shape index (κ3) is 1.89. The van der Waals surface area contributed by atoms with Crippen molar-refractivity contribution in [2.75, 3.05) is 13.1 Å². The Morgan fingerprint density at radius 2 is 2.10 bits per heavy atom. The molecule has 0 amide bonds. The molecular weight excluding hydrogens is 254 g/mol. The molecule has 5 nitrogen and oxygen atoms in total. The van der Waals surface area contributed by atoms with Crippen molar-refractivity contribution in [2.24, 2.45) is 0 Å². The molecule has 2 aliphatic rings. The van der Waals surface area contributed by atoms with Gasteiger partial charge in [0.05, 0.1) is 22.9 Å². The zero-order valence-corrected chi connectivity index (χ0v) is 11.2. The number of rotatable bonds is 3. The number of fused-ring (bicyclic) bond motifs is 1. The number of carboxylic acids is 1. The molecule has 1 atom stereocenters. The lowest BCUT2D eigenvalue weighted by atomic mass is 10.2. The van der Waals surface area contributed by atoms with Gasteiger partial charge < -0.3 is 9.67 Å². The van der Waals surface area contributed by atoms with E-state index in [0.29, 0.717) is 11.6 Å². The van der Waals surface area contributed by atoms with E-state index in [1.165, 1.54) is 12.8 Å². The molecule has 104 valence electrons. The first-order valence-corrected chi connectivity index (χ1v) is 7.16. The van der Waals surface area contributed by atoms with Gasteiger partial charge in [0.15, 0.2) is 0 Å². The Bertz CT molecular complexity index is 675. The zero-order chi connectivity index (χ0) is 13.7. The minimum Gasteiger partial charge on any atom is -0.478 e. The van der Waals surface area contributed by atoms with Crippen LogP contribution in [-0.4, -0.2) is 44.7 Å². The first kappa shape index (κ1) is 11.9. The van der Waals surface area contributed by atoms with E-state index in [-0.39, 0.29) is 0 Å². The Balaban J connectivity index is 1.68. The standard InChI is InChI=1S/C15H17N3O2/c19-15(20)10-1-4-13-14(7-10)18(9-16-13)12-5-6-17(8-12)11-2-3-11/h1,4,7,9,11-12H,2-3,5-6,8H2,(H,19,20). The van der Waals surface area contributed by atoms with Gasteiger partial charge in [-0.25, -0.2) is 9.78 Å². The van der Waals surface area contributed by atoms with Gasteiger partial charge >= 0.3 is 5.97 Å². The van der Waals surface area contributed by atoms with Crippen molar-refractivity contribution in [1.29, 1.82) is 0 Å². The quantitative estimate of drug-likeness (QED) is 0.929. The summed E-state index contributed by atoms with van der Waals surface area (Å²) in [6.45, 7) is 2.21. The second-order valence-electron chi connectivity index (χ2n) is 5.83. The van der Waals surface area contributed by atoms with Crippen LogP contribution >= 0.6 is 0 Å². The van der Waals surface area contributed by atoms with Crippen LogP contribution in [0.5, 0.6) is 0 Å². The van der Waals surface area contributed by atoms with Crippen LogP contribution in [-0.2, 0) is 0 Å². The predicted octanol–water partition coefficient (Wildman–Crippen LogP) is 2.14. The van der Waals surface area contributed by atoms with Gasteiger partial charge in [-0.05, 0) is 37.5 Å². The summed E-state index contributed by atoms with van der Waals surface area (Å²) in [7, 11) is 0. The van der Waals surface area contributed by atoms with E-state index in [1.807, 2.05) is 6.33 Å². The highest BCUT2D eigenvalue weighted by Crippen LogP contribution is 2.34. The molecule has 1 saturated heterocycles. The fourth-order valence-electron chi connectivity index (χ4n) is 3.22. The number of nitrogens with zero attached hydrogens (tertiary/aromatic N) is 3. The summed E-state index contributed by atoms with van der Waals surface area (Å²) in [6, 6.07) is 6.37. The van der Waals surface area contributed by atoms with Crippen molar-refractivity contribution in [3.05, 3.63) is 30.1 Å². The van der Waals surface area contributed by atoms with E-state index in [4.69, 9.17) is 5.11 Å². The third-order valence-corrected chi connectivity index (χ3v) is 4.47. The number of hydrogen-bond acceptors (Lipinski definition) is 3. The molecule has 5 heteroatoms. The lowest BCUT2D eigenvalue weighted by Gasteiger charge is -2.16. The Hall–Kier alpha value is -1.88. The van der Waals surface area contributed by atoms with Crippen molar-refractivity contribution in [2.45, 2.75) is 31.3 Å². The summed E-state index contributed by atoms with van der Waals surface area (Å²) in [6.07, 6.45) is 5.65. The predicted molar refractivity (Wildman–Crippen MR) is 74.9 cm³/mol. The molecule has 1 aliphatic carbocycles. The van der Waals surface area contributed by atoms with Crippen molar-refractivity contribution in [1.82, 2.24) is 14.5 Å². The monoisotopic (exact) mass is 271 g/mol. The van der Waals surface area contributed by atoms with Crippen molar-refractivity contribution in [3.63, 3.8) is 0 Å². The molecular formula is C15H17N3O2. The van der Waals surface area contributed by atoms with Crippen LogP contribution in [0.3, 0.4) is 0 Å². The molecule has 1 aliphatic heterocycles. The number of benzene rings is 1. The Morgan fingerprint density at radius 1 is 1.25 bits per heavy atom. The molecule has 1 aromatic carbocycles. The van der Waals surface area contributed by atoms with Gasteiger partial charge in [-0.3, -0.25) is 4.90 Å². The Kier molecular flexibility index (Phi) is 2.57. The molecule has 1 N–H and O–H groups in total. The zero-order valence-electron chi connectivity index (χ0n) is 11.2. The average molecular weight is 271 g/mol. The topological polar surface area (TPSA) is 58.4 Å². The Morgan fingerprint density at radius 3 is 2.85 bits per heavy atom. The van der Waals surface area contributed by atoms with Crippen LogP contribution in [0.4, 0.5) is 0 Å². The number of carbonyl (C=O) groups is 1. The first-order chi connectivity index (χ1) is 9.72. The summed E-state index contributed by atoms with van der Waals surface area (Å²) < 4.78 is 2.16. The van der Waals surface area contributed by atoms with Gasteiger partial charge in [0.1, 0.15) is 0 Å². The lowest BCUT2D eigenvalue weighted by Crippen LogP contribution is -2.23. The summed E-state index contributed by atoms with van der Waals surface area (Å²) in [5, 5.41) is 9.12. The molecule has 4 rings (SSSR count). The van der Waals surface area contributed by atoms with E-state index < -0.39 is 5.97 Å². The highest BCUT2D eigenvalue weighted by atomic mass is 16.4. The van der Waals surface area contributed by atoms with Crippen LogP contribution in [0.2, 0.25) is 0 Å². The largest absolute Gasteiger partial charge is 0.478 e. The summed E-state index contributed by atoms with van der Waals surface area (Å²) in [5.41, 5.74) is 2.14. The lowest BCUT2D eigenvalue weighted by molar-refractivity contribution is 0.0697. The van der Waals surface area contributed by atoms with E-state index in [0.717, 1.165) is 36.6 Å². The number of hydrogen-bond donors (Lipinski definition) is 1. The van der Waals surface area contributed by atoms with Crippen LogP contribution in [0.25, 0.3) is 11.0 Å². The van der Waals surface area contributed by atoms with Crippen LogP contribution in [0, 0.1) is 0 Å². The van der Waals surface area contributed by atoms with Crippen LogP contribution < -0.4 is 0 Å². The van der Waals surface area contributed by atoms with E-state index in [2.05, 4.69) is 14.5 Å².